The molecule has 2 aliphatic rings. The molecule has 1 aliphatic carbocycles. The van der Waals surface area contributed by atoms with Crippen molar-refractivity contribution in [2.24, 2.45) is 10.9 Å². The smallest absolute Gasteiger partial charge is 0.369 e. The van der Waals surface area contributed by atoms with Gasteiger partial charge in [0.05, 0.1) is 5.56 Å². The first-order chi connectivity index (χ1) is 14.0. The summed E-state index contributed by atoms with van der Waals surface area (Å²) in [5.41, 5.74) is 0.0836. The number of hydrogen-bond acceptors (Lipinski definition) is 3. The Bertz CT molecular complexity index is 671. The fourth-order valence-corrected chi connectivity index (χ4v) is 3.56. The highest BCUT2D eigenvalue weighted by molar-refractivity contribution is 14.0. The minimum absolute atomic E-state index is 0. The lowest BCUT2D eigenvalue weighted by Crippen LogP contribution is -2.46. The van der Waals surface area contributed by atoms with Crippen molar-refractivity contribution in [3.63, 3.8) is 0 Å². The van der Waals surface area contributed by atoms with Crippen LogP contribution in [0.25, 0.3) is 0 Å². The van der Waals surface area contributed by atoms with Gasteiger partial charge in [-0.2, -0.15) is 13.2 Å². The van der Waals surface area contributed by atoms with Gasteiger partial charge in [-0.25, -0.2) is 0 Å². The third kappa shape index (κ3) is 8.13. The Morgan fingerprint density at radius 3 is 2.47 bits per heavy atom. The molecule has 0 amide bonds. The van der Waals surface area contributed by atoms with Crippen LogP contribution in [0.15, 0.2) is 29.3 Å². The van der Waals surface area contributed by atoms with Gasteiger partial charge in [-0.1, -0.05) is 6.07 Å². The van der Waals surface area contributed by atoms with Gasteiger partial charge in [0.1, 0.15) is 0 Å². The maximum absolute atomic E-state index is 12.9. The fraction of sp³-hybridized carbons (Fsp3) is 0.667. The zero-order valence-corrected chi connectivity index (χ0v) is 19.9. The first-order valence-corrected chi connectivity index (χ1v) is 10.5. The molecule has 0 aromatic heterocycles. The molecular formula is C21H33F3IN5. The number of anilines is 1. The van der Waals surface area contributed by atoms with Gasteiger partial charge in [0.25, 0.3) is 0 Å². The van der Waals surface area contributed by atoms with E-state index >= 15 is 0 Å². The summed E-state index contributed by atoms with van der Waals surface area (Å²) in [5.74, 6) is 1.70. The minimum Gasteiger partial charge on any atom is -0.369 e. The van der Waals surface area contributed by atoms with Crippen LogP contribution >= 0.6 is 24.0 Å². The van der Waals surface area contributed by atoms with Crippen molar-refractivity contribution in [1.29, 1.82) is 0 Å². The first-order valence-electron chi connectivity index (χ1n) is 10.5. The second-order valence-corrected chi connectivity index (χ2v) is 7.91. The van der Waals surface area contributed by atoms with Gasteiger partial charge in [-0.15, -0.1) is 24.0 Å². The Labute approximate surface area is 194 Å². The lowest BCUT2D eigenvalue weighted by molar-refractivity contribution is -0.137. The standard InChI is InChI=1S/C21H32F3N5.HI/c1-25-20(27-16-17-7-8-17)26-9-2-3-10-28-11-13-29(14-12-28)19-6-4-5-18(15-19)21(22,23)24;/h4-6,15,17H,2-3,7-14,16H2,1H3,(H2,25,26,27);1H. The number of piperazine rings is 1. The number of alkyl halides is 3. The maximum Gasteiger partial charge on any atom is 0.416 e. The SMILES string of the molecule is CN=C(NCCCCN1CCN(c2cccc(C(F)(F)F)c2)CC1)NCC1CC1.I. The molecule has 170 valence electrons. The highest BCUT2D eigenvalue weighted by Gasteiger charge is 2.31. The first kappa shape index (κ1) is 25.0. The Kier molecular flexibility index (Phi) is 9.99. The molecule has 0 bridgehead atoms. The zero-order chi connectivity index (χ0) is 20.7. The second kappa shape index (κ2) is 12.0. The van der Waals surface area contributed by atoms with Crippen molar-refractivity contribution in [2.75, 3.05) is 57.8 Å². The molecule has 30 heavy (non-hydrogen) atoms. The fourth-order valence-electron chi connectivity index (χ4n) is 3.56. The van der Waals surface area contributed by atoms with Gasteiger partial charge in [0.2, 0.25) is 0 Å². The van der Waals surface area contributed by atoms with E-state index < -0.39 is 11.7 Å². The number of hydrogen-bond donors (Lipinski definition) is 2. The Morgan fingerprint density at radius 1 is 1.10 bits per heavy atom. The van der Waals surface area contributed by atoms with Crippen molar-refractivity contribution in [3.05, 3.63) is 29.8 Å². The van der Waals surface area contributed by atoms with Crippen LogP contribution in [-0.4, -0.2) is 63.7 Å². The normalized spacial score (nSPS) is 18.1. The van der Waals surface area contributed by atoms with Crippen molar-refractivity contribution in [3.8, 4) is 0 Å². The molecule has 9 heteroatoms. The summed E-state index contributed by atoms with van der Waals surface area (Å²) < 4.78 is 38.7. The molecule has 1 aliphatic heterocycles. The lowest BCUT2D eigenvalue weighted by Gasteiger charge is -2.36. The molecule has 0 radical (unpaired) electrons. The van der Waals surface area contributed by atoms with Gasteiger partial charge in [-0.3, -0.25) is 9.89 Å². The van der Waals surface area contributed by atoms with Crippen LogP contribution in [0.1, 0.15) is 31.2 Å². The highest BCUT2D eigenvalue weighted by atomic mass is 127. The van der Waals surface area contributed by atoms with E-state index in [9.17, 15) is 13.2 Å². The third-order valence-electron chi connectivity index (χ3n) is 5.58. The molecule has 2 N–H and O–H groups in total. The van der Waals surface area contributed by atoms with E-state index in [0.717, 1.165) is 76.6 Å². The molecule has 0 spiro atoms. The van der Waals surface area contributed by atoms with Crippen LogP contribution < -0.4 is 15.5 Å². The number of nitrogens with zero attached hydrogens (tertiary/aromatic N) is 3. The van der Waals surface area contributed by atoms with Crippen LogP contribution in [0.2, 0.25) is 0 Å². The third-order valence-corrected chi connectivity index (χ3v) is 5.58. The van der Waals surface area contributed by atoms with E-state index in [2.05, 4.69) is 20.5 Å². The summed E-state index contributed by atoms with van der Waals surface area (Å²) in [4.78, 5) is 8.68. The minimum atomic E-state index is -4.29. The zero-order valence-electron chi connectivity index (χ0n) is 17.5. The Morgan fingerprint density at radius 2 is 1.83 bits per heavy atom. The van der Waals surface area contributed by atoms with Crippen LogP contribution in [0.5, 0.6) is 0 Å². The van der Waals surface area contributed by atoms with E-state index in [0.29, 0.717) is 5.69 Å². The monoisotopic (exact) mass is 539 g/mol. The van der Waals surface area contributed by atoms with Crippen molar-refractivity contribution in [2.45, 2.75) is 31.9 Å². The Balaban J connectivity index is 0.00000320. The molecule has 1 aromatic carbocycles. The summed E-state index contributed by atoms with van der Waals surface area (Å²) in [6.07, 6.45) is 0.520. The summed E-state index contributed by atoms with van der Waals surface area (Å²) in [5, 5.41) is 6.71. The number of unbranched alkanes of at least 4 members (excludes halogenated alkanes) is 1. The van der Waals surface area contributed by atoms with Gasteiger partial charge < -0.3 is 15.5 Å². The largest absolute Gasteiger partial charge is 0.416 e. The van der Waals surface area contributed by atoms with Crippen molar-refractivity contribution < 1.29 is 13.2 Å². The maximum atomic E-state index is 12.9. The predicted octanol–water partition coefficient (Wildman–Crippen LogP) is 3.80. The number of halogens is 4. The van der Waals surface area contributed by atoms with Gasteiger partial charge in [0.15, 0.2) is 5.96 Å². The molecule has 0 atom stereocenters. The van der Waals surface area contributed by atoms with E-state index in [1.54, 1.807) is 13.1 Å². The molecule has 1 heterocycles. The van der Waals surface area contributed by atoms with Crippen molar-refractivity contribution in [1.82, 2.24) is 15.5 Å². The van der Waals surface area contributed by atoms with Crippen LogP contribution in [0, 0.1) is 5.92 Å². The van der Waals surface area contributed by atoms with Gasteiger partial charge >= 0.3 is 6.18 Å². The molecule has 2 fully saturated rings. The highest BCUT2D eigenvalue weighted by Crippen LogP contribution is 2.32. The van der Waals surface area contributed by atoms with Crippen molar-refractivity contribution >= 4 is 35.6 Å². The van der Waals surface area contributed by atoms with E-state index in [1.807, 2.05) is 4.90 Å². The van der Waals surface area contributed by atoms with Crippen LogP contribution in [0.3, 0.4) is 0 Å². The van der Waals surface area contributed by atoms with E-state index in [1.165, 1.54) is 25.0 Å². The molecule has 1 saturated carbocycles. The number of aliphatic imine (C=N–C) groups is 1. The average Bonchev–Trinajstić information content (AvgIpc) is 3.54. The molecule has 5 nitrogen and oxygen atoms in total. The quantitative estimate of drug-likeness (QED) is 0.229. The van der Waals surface area contributed by atoms with E-state index in [4.69, 9.17) is 0 Å². The molecular weight excluding hydrogens is 506 g/mol. The lowest BCUT2D eigenvalue weighted by atomic mass is 10.1. The number of guanidine groups is 1. The Hall–Kier alpha value is -1.23. The molecule has 0 unspecified atom stereocenters. The number of benzene rings is 1. The molecule has 1 aromatic rings. The van der Waals surface area contributed by atoms with Gasteiger partial charge in [0, 0.05) is 52.0 Å². The topological polar surface area (TPSA) is 42.9 Å². The summed E-state index contributed by atoms with van der Waals surface area (Å²) in [7, 11) is 1.80. The molecule has 3 rings (SSSR count). The van der Waals surface area contributed by atoms with Crippen LogP contribution in [-0.2, 0) is 6.18 Å². The van der Waals surface area contributed by atoms with Crippen LogP contribution in [0.4, 0.5) is 18.9 Å². The van der Waals surface area contributed by atoms with E-state index in [-0.39, 0.29) is 24.0 Å². The second-order valence-electron chi connectivity index (χ2n) is 7.91. The predicted molar refractivity (Wildman–Crippen MR) is 127 cm³/mol. The van der Waals surface area contributed by atoms with Gasteiger partial charge in [-0.05, 0) is 56.3 Å². The number of rotatable bonds is 8. The summed E-state index contributed by atoms with van der Waals surface area (Å²) in [6.45, 7) is 6.22. The summed E-state index contributed by atoms with van der Waals surface area (Å²) in [6, 6.07) is 5.64. The molecule has 1 saturated heterocycles. The number of nitrogens with one attached hydrogen (secondary N) is 2. The average molecular weight is 539 g/mol. The summed E-state index contributed by atoms with van der Waals surface area (Å²) >= 11 is 0.